The second kappa shape index (κ2) is 6.66. The molecule has 60 valence electrons. The van der Waals surface area contributed by atoms with Gasteiger partial charge < -0.3 is 4.74 Å². The lowest BCUT2D eigenvalue weighted by atomic mass is 10.0. The maximum absolute atomic E-state index is 4.99. The molecule has 0 amide bonds. The Hall–Kier alpha value is -0.460. The van der Waals surface area contributed by atoms with Gasteiger partial charge in [0.05, 0.1) is 12.9 Å². The van der Waals surface area contributed by atoms with Gasteiger partial charge in [0.2, 0.25) is 0 Å². The minimum Gasteiger partial charge on any atom is -0.502 e. The van der Waals surface area contributed by atoms with Gasteiger partial charge in [-0.25, -0.2) is 0 Å². The summed E-state index contributed by atoms with van der Waals surface area (Å²) in [7, 11) is 0. The molecule has 0 N–H and O–H groups in total. The zero-order chi connectivity index (χ0) is 7.82. The highest BCUT2D eigenvalue weighted by molar-refractivity contribution is 4.52. The van der Waals surface area contributed by atoms with Gasteiger partial charge in [-0.1, -0.05) is 26.8 Å². The number of ether oxygens (including phenoxy) is 1. The van der Waals surface area contributed by atoms with E-state index in [1.807, 2.05) is 0 Å². The SMILES string of the molecule is C=COCCC[C@@H](C)CC. The first-order chi connectivity index (χ1) is 4.81. The molecule has 0 aliphatic rings. The first kappa shape index (κ1) is 9.54. The van der Waals surface area contributed by atoms with Gasteiger partial charge in [0.15, 0.2) is 0 Å². The van der Waals surface area contributed by atoms with E-state index in [0.29, 0.717) is 0 Å². The first-order valence-electron chi connectivity index (χ1n) is 4.03. The Morgan fingerprint density at radius 2 is 2.30 bits per heavy atom. The lowest BCUT2D eigenvalue weighted by molar-refractivity contribution is 0.235. The maximum atomic E-state index is 4.99. The van der Waals surface area contributed by atoms with Crippen LogP contribution in [0.3, 0.4) is 0 Å². The topological polar surface area (TPSA) is 9.23 Å². The van der Waals surface area contributed by atoms with Crippen molar-refractivity contribution in [3.05, 3.63) is 12.8 Å². The summed E-state index contributed by atoms with van der Waals surface area (Å²) >= 11 is 0. The van der Waals surface area contributed by atoms with Crippen molar-refractivity contribution in [2.24, 2.45) is 5.92 Å². The van der Waals surface area contributed by atoms with Crippen LogP contribution in [0, 0.1) is 5.92 Å². The van der Waals surface area contributed by atoms with E-state index in [4.69, 9.17) is 4.74 Å². The van der Waals surface area contributed by atoms with Gasteiger partial charge in [-0.2, -0.15) is 0 Å². The van der Waals surface area contributed by atoms with Crippen LogP contribution in [-0.4, -0.2) is 6.61 Å². The van der Waals surface area contributed by atoms with Gasteiger partial charge in [0.25, 0.3) is 0 Å². The molecule has 10 heavy (non-hydrogen) atoms. The summed E-state index contributed by atoms with van der Waals surface area (Å²) in [5.41, 5.74) is 0. The Kier molecular flexibility index (Phi) is 6.35. The Morgan fingerprint density at radius 3 is 2.80 bits per heavy atom. The molecule has 1 nitrogen and oxygen atoms in total. The molecular weight excluding hydrogens is 124 g/mol. The highest BCUT2D eigenvalue weighted by Gasteiger charge is 1.96. The minimum atomic E-state index is 0.827. The zero-order valence-electron chi connectivity index (χ0n) is 7.10. The summed E-state index contributed by atoms with van der Waals surface area (Å²) in [6.45, 7) is 8.80. The van der Waals surface area contributed by atoms with E-state index in [1.165, 1.54) is 19.1 Å². The summed E-state index contributed by atoms with van der Waals surface area (Å²) in [5, 5.41) is 0. The molecule has 1 atom stereocenters. The van der Waals surface area contributed by atoms with Crippen LogP contribution in [0.4, 0.5) is 0 Å². The second-order valence-electron chi connectivity index (χ2n) is 2.69. The van der Waals surface area contributed by atoms with Gasteiger partial charge >= 0.3 is 0 Å². The molecule has 0 rings (SSSR count). The van der Waals surface area contributed by atoms with Crippen LogP contribution < -0.4 is 0 Å². The average molecular weight is 142 g/mol. The summed E-state index contributed by atoms with van der Waals surface area (Å²) in [4.78, 5) is 0. The van der Waals surface area contributed by atoms with Gasteiger partial charge in [0.1, 0.15) is 0 Å². The van der Waals surface area contributed by atoms with Crippen molar-refractivity contribution < 1.29 is 4.74 Å². The van der Waals surface area contributed by atoms with E-state index >= 15 is 0 Å². The molecule has 0 unspecified atom stereocenters. The van der Waals surface area contributed by atoms with Crippen LogP contribution in [0.5, 0.6) is 0 Å². The minimum absolute atomic E-state index is 0.827. The fourth-order valence-corrected chi connectivity index (χ4v) is 0.803. The van der Waals surface area contributed by atoms with Crippen molar-refractivity contribution in [2.75, 3.05) is 6.61 Å². The van der Waals surface area contributed by atoms with Crippen molar-refractivity contribution in [2.45, 2.75) is 33.1 Å². The molecule has 0 aliphatic heterocycles. The molecule has 0 aromatic rings. The molecule has 0 aromatic heterocycles. The molecule has 0 heterocycles. The van der Waals surface area contributed by atoms with Crippen LogP contribution in [-0.2, 0) is 4.74 Å². The van der Waals surface area contributed by atoms with Crippen molar-refractivity contribution in [1.29, 1.82) is 0 Å². The second-order valence-corrected chi connectivity index (χ2v) is 2.69. The number of hydrogen-bond acceptors (Lipinski definition) is 1. The van der Waals surface area contributed by atoms with Crippen LogP contribution in [0.15, 0.2) is 12.8 Å². The standard InChI is InChI=1S/C9H18O/c1-4-9(3)7-6-8-10-5-2/h5,9H,2,4,6-8H2,1,3H3/t9-/m0/s1. The number of rotatable bonds is 6. The third-order valence-corrected chi connectivity index (χ3v) is 1.77. The number of hydrogen-bond donors (Lipinski definition) is 0. The maximum Gasteiger partial charge on any atom is 0.0873 e. The summed E-state index contributed by atoms with van der Waals surface area (Å²) in [6, 6.07) is 0. The molecule has 0 aliphatic carbocycles. The van der Waals surface area contributed by atoms with Crippen molar-refractivity contribution >= 4 is 0 Å². The van der Waals surface area contributed by atoms with Crippen molar-refractivity contribution in [1.82, 2.24) is 0 Å². The van der Waals surface area contributed by atoms with Gasteiger partial charge in [-0.15, -0.1) is 0 Å². The summed E-state index contributed by atoms with van der Waals surface area (Å²) in [5.74, 6) is 0.841. The lowest BCUT2D eigenvalue weighted by Gasteiger charge is -2.06. The smallest absolute Gasteiger partial charge is 0.0873 e. The molecule has 0 saturated heterocycles. The van der Waals surface area contributed by atoms with Gasteiger partial charge in [0, 0.05) is 0 Å². The zero-order valence-corrected chi connectivity index (χ0v) is 7.10. The highest BCUT2D eigenvalue weighted by Crippen LogP contribution is 2.08. The summed E-state index contributed by atoms with van der Waals surface area (Å²) in [6.07, 6.45) is 5.20. The Balaban J connectivity index is 2.95. The predicted octanol–water partition coefficient (Wildman–Crippen LogP) is 2.97. The molecule has 0 aromatic carbocycles. The average Bonchev–Trinajstić information content (AvgIpc) is 1.98. The van der Waals surface area contributed by atoms with E-state index in [0.717, 1.165) is 18.9 Å². The molecule has 0 saturated carbocycles. The van der Waals surface area contributed by atoms with Crippen LogP contribution in [0.2, 0.25) is 0 Å². The molecule has 0 bridgehead atoms. The van der Waals surface area contributed by atoms with E-state index < -0.39 is 0 Å². The van der Waals surface area contributed by atoms with Crippen LogP contribution in [0.25, 0.3) is 0 Å². The first-order valence-corrected chi connectivity index (χ1v) is 4.03. The van der Waals surface area contributed by atoms with Crippen LogP contribution in [0.1, 0.15) is 33.1 Å². The lowest BCUT2D eigenvalue weighted by Crippen LogP contribution is -1.95. The fraction of sp³-hybridized carbons (Fsp3) is 0.778. The molecular formula is C9H18O. The van der Waals surface area contributed by atoms with Crippen LogP contribution >= 0.6 is 0 Å². The van der Waals surface area contributed by atoms with Gasteiger partial charge in [-0.05, 0) is 18.8 Å². The van der Waals surface area contributed by atoms with E-state index in [9.17, 15) is 0 Å². The Labute approximate surface area is 64.1 Å². The van der Waals surface area contributed by atoms with Crippen molar-refractivity contribution in [3.63, 3.8) is 0 Å². The Bertz CT molecular complexity index is 78.8. The van der Waals surface area contributed by atoms with E-state index in [2.05, 4.69) is 20.4 Å². The fourth-order valence-electron chi connectivity index (χ4n) is 0.803. The quantitative estimate of drug-likeness (QED) is 0.409. The normalized spacial score (nSPS) is 12.6. The van der Waals surface area contributed by atoms with Crippen molar-refractivity contribution in [3.8, 4) is 0 Å². The third-order valence-electron chi connectivity index (χ3n) is 1.77. The predicted molar refractivity (Wildman–Crippen MR) is 44.8 cm³/mol. The van der Waals surface area contributed by atoms with E-state index in [-0.39, 0.29) is 0 Å². The van der Waals surface area contributed by atoms with E-state index in [1.54, 1.807) is 0 Å². The third kappa shape index (κ3) is 5.67. The summed E-state index contributed by atoms with van der Waals surface area (Å²) < 4.78 is 4.99. The molecule has 0 fully saturated rings. The van der Waals surface area contributed by atoms with Gasteiger partial charge in [-0.3, -0.25) is 0 Å². The monoisotopic (exact) mass is 142 g/mol. The highest BCUT2D eigenvalue weighted by atomic mass is 16.5. The molecule has 0 radical (unpaired) electrons. The molecule has 0 spiro atoms. The Morgan fingerprint density at radius 1 is 1.60 bits per heavy atom. The largest absolute Gasteiger partial charge is 0.502 e. The molecule has 1 heteroatoms.